The van der Waals surface area contributed by atoms with Gasteiger partial charge in [-0.3, -0.25) is 4.68 Å². The smallest absolute Gasteiger partial charge is 0.178 e. The number of rotatable bonds is 2. The van der Waals surface area contributed by atoms with Crippen molar-refractivity contribution < 1.29 is 12.8 Å². The third-order valence-electron chi connectivity index (χ3n) is 3.39. The summed E-state index contributed by atoms with van der Waals surface area (Å²) in [5.41, 5.74) is 0.474. The zero-order chi connectivity index (χ0) is 14.3. The molecule has 0 saturated heterocycles. The maximum atomic E-state index is 13.4. The Balaban J connectivity index is 2.00. The van der Waals surface area contributed by atoms with Crippen LogP contribution in [0.1, 0.15) is 18.0 Å². The molecule has 1 aromatic carbocycles. The van der Waals surface area contributed by atoms with Crippen molar-refractivity contribution in [3.63, 3.8) is 0 Å². The maximum Gasteiger partial charge on any atom is 0.178 e. The first-order valence-corrected chi connectivity index (χ1v) is 7.89. The van der Waals surface area contributed by atoms with Crippen LogP contribution >= 0.6 is 0 Å². The molecule has 1 aliphatic rings. The number of sulfone groups is 1. The van der Waals surface area contributed by atoms with E-state index in [4.69, 9.17) is 0 Å². The molecule has 2 heterocycles. The molecule has 1 N–H and O–H groups in total. The van der Waals surface area contributed by atoms with Crippen LogP contribution in [0.5, 0.6) is 0 Å². The largest absolute Gasteiger partial charge is 0.362 e. The van der Waals surface area contributed by atoms with Crippen LogP contribution in [-0.4, -0.2) is 24.0 Å². The van der Waals surface area contributed by atoms with Crippen LogP contribution in [0.3, 0.4) is 0 Å². The van der Waals surface area contributed by atoms with Crippen LogP contribution in [0.15, 0.2) is 35.4 Å². The van der Waals surface area contributed by atoms with E-state index in [1.165, 1.54) is 18.2 Å². The predicted molar refractivity (Wildman–Crippen MR) is 72.6 cm³/mol. The SMILES string of the molecule is Cn1ccc(NC2CCS(=O)(=O)c3ccc(F)cc32)n1. The van der Waals surface area contributed by atoms with Gasteiger partial charge in [0.05, 0.1) is 16.7 Å². The minimum atomic E-state index is -3.31. The fraction of sp³-hybridized carbons (Fsp3) is 0.308. The first-order valence-electron chi connectivity index (χ1n) is 6.24. The average Bonchev–Trinajstić information content (AvgIpc) is 2.78. The highest BCUT2D eigenvalue weighted by molar-refractivity contribution is 7.91. The molecule has 0 bridgehead atoms. The molecule has 0 aliphatic carbocycles. The van der Waals surface area contributed by atoms with Gasteiger partial charge in [0.1, 0.15) is 11.6 Å². The summed E-state index contributed by atoms with van der Waals surface area (Å²) in [6.07, 6.45) is 2.18. The topological polar surface area (TPSA) is 64.0 Å². The van der Waals surface area contributed by atoms with Crippen molar-refractivity contribution in [3.05, 3.63) is 41.8 Å². The number of halogens is 1. The lowest BCUT2D eigenvalue weighted by molar-refractivity contribution is 0.570. The van der Waals surface area contributed by atoms with Gasteiger partial charge in [0.15, 0.2) is 9.84 Å². The van der Waals surface area contributed by atoms with Crippen molar-refractivity contribution in [2.45, 2.75) is 17.4 Å². The molecule has 5 nitrogen and oxygen atoms in total. The van der Waals surface area contributed by atoms with E-state index in [0.29, 0.717) is 17.8 Å². The van der Waals surface area contributed by atoms with Crippen LogP contribution < -0.4 is 5.32 Å². The molecule has 0 spiro atoms. The Labute approximate surface area is 116 Å². The number of fused-ring (bicyclic) bond motifs is 1. The standard InChI is InChI=1S/C13H14FN3O2S/c1-17-6-4-13(16-17)15-11-5-7-20(18,19)12-3-2-9(14)8-10(11)12/h2-4,6,8,11H,5,7H2,1H3,(H,15,16). The van der Waals surface area contributed by atoms with E-state index in [-0.39, 0.29) is 16.7 Å². The Morgan fingerprint density at radius 1 is 1.40 bits per heavy atom. The Kier molecular flexibility index (Phi) is 3.01. The van der Waals surface area contributed by atoms with E-state index in [9.17, 15) is 12.8 Å². The number of hydrogen-bond donors (Lipinski definition) is 1. The molecule has 0 saturated carbocycles. The summed E-state index contributed by atoms with van der Waals surface area (Å²) >= 11 is 0. The second-order valence-electron chi connectivity index (χ2n) is 4.86. The number of aryl methyl sites for hydroxylation is 1. The van der Waals surface area contributed by atoms with Crippen molar-refractivity contribution >= 4 is 15.7 Å². The maximum absolute atomic E-state index is 13.4. The molecule has 1 aliphatic heterocycles. The highest BCUT2D eigenvalue weighted by atomic mass is 32.2. The van der Waals surface area contributed by atoms with Crippen LogP contribution in [0, 0.1) is 5.82 Å². The molecule has 0 amide bonds. The van der Waals surface area contributed by atoms with Crippen LogP contribution in [0.2, 0.25) is 0 Å². The Bertz CT molecular complexity index is 755. The van der Waals surface area contributed by atoms with Crippen molar-refractivity contribution in [3.8, 4) is 0 Å². The first-order chi connectivity index (χ1) is 9.45. The molecular formula is C13H14FN3O2S. The quantitative estimate of drug-likeness (QED) is 0.859. The number of hydrogen-bond acceptors (Lipinski definition) is 4. The molecule has 106 valence electrons. The summed E-state index contributed by atoms with van der Waals surface area (Å²) in [5, 5.41) is 7.36. The van der Waals surface area contributed by atoms with Gasteiger partial charge in [-0.25, -0.2) is 12.8 Å². The normalized spacial score (nSPS) is 20.4. The molecule has 1 unspecified atom stereocenters. The summed E-state index contributed by atoms with van der Waals surface area (Å²) < 4.78 is 39.1. The van der Waals surface area contributed by atoms with Crippen molar-refractivity contribution in [1.82, 2.24) is 9.78 Å². The summed E-state index contributed by atoms with van der Waals surface area (Å²) in [6, 6.07) is 5.35. The lowest BCUT2D eigenvalue weighted by atomic mass is 10.0. The minimum absolute atomic E-state index is 0.0517. The Morgan fingerprint density at radius 2 is 2.20 bits per heavy atom. The monoisotopic (exact) mass is 295 g/mol. The third-order valence-corrected chi connectivity index (χ3v) is 5.21. The van der Waals surface area contributed by atoms with Crippen LogP contribution in [0.25, 0.3) is 0 Å². The van der Waals surface area contributed by atoms with Gasteiger partial charge in [0.25, 0.3) is 0 Å². The lowest BCUT2D eigenvalue weighted by Gasteiger charge is -2.26. The van der Waals surface area contributed by atoms with E-state index in [2.05, 4.69) is 10.4 Å². The second-order valence-corrected chi connectivity index (χ2v) is 6.94. The van der Waals surface area contributed by atoms with Crippen molar-refractivity contribution in [2.75, 3.05) is 11.1 Å². The first kappa shape index (κ1) is 13.1. The summed E-state index contributed by atoms with van der Waals surface area (Å²) in [7, 11) is -1.52. The average molecular weight is 295 g/mol. The van der Waals surface area contributed by atoms with Gasteiger partial charge < -0.3 is 5.32 Å². The highest BCUT2D eigenvalue weighted by Crippen LogP contribution is 2.34. The highest BCUT2D eigenvalue weighted by Gasteiger charge is 2.30. The van der Waals surface area contributed by atoms with E-state index in [0.717, 1.165) is 0 Å². The van der Waals surface area contributed by atoms with Gasteiger partial charge in [-0.05, 0) is 30.2 Å². The van der Waals surface area contributed by atoms with Gasteiger partial charge in [-0.1, -0.05) is 0 Å². The summed E-state index contributed by atoms with van der Waals surface area (Å²) in [6.45, 7) is 0. The molecule has 2 aromatic rings. The van der Waals surface area contributed by atoms with Crippen LogP contribution in [0.4, 0.5) is 10.2 Å². The van der Waals surface area contributed by atoms with Crippen molar-refractivity contribution in [1.29, 1.82) is 0 Å². The molecule has 3 rings (SSSR count). The zero-order valence-corrected chi connectivity index (χ0v) is 11.7. The van der Waals surface area contributed by atoms with E-state index in [1.807, 2.05) is 0 Å². The number of benzene rings is 1. The molecule has 1 atom stereocenters. The molecule has 0 fully saturated rings. The predicted octanol–water partition coefficient (Wildman–Crippen LogP) is 1.89. The number of anilines is 1. The van der Waals surface area contributed by atoms with Crippen molar-refractivity contribution in [2.24, 2.45) is 7.05 Å². The molecular weight excluding hydrogens is 281 g/mol. The van der Waals surface area contributed by atoms with E-state index in [1.54, 1.807) is 24.0 Å². The zero-order valence-electron chi connectivity index (χ0n) is 10.9. The molecule has 1 aromatic heterocycles. The van der Waals surface area contributed by atoms with Gasteiger partial charge in [-0.2, -0.15) is 5.10 Å². The molecule has 7 heteroatoms. The Hall–Kier alpha value is -1.89. The molecule has 20 heavy (non-hydrogen) atoms. The van der Waals surface area contributed by atoms with Gasteiger partial charge in [0.2, 0.25) is 0 Å². The Morgan fingerprint density at radius 3 is 2.90 bits per heavy atom. The van der Waals surface area contributed by atoms with Gasteiger partial charge in [0, 0.05) is 19.3 Å². The fourth-order valence-electron chi connectivity index (χ4n) is 2.43. The summed E-state index contributed by atoms with van der Waals surface area (Å²) in [5.74, 6) is 0.261. The van der Waals surface area contributed by atoms with Gasteiger partial charge in [-0.15, -0.1) is 0 Å². The van der Waals surface area contributed by atoms with Gasteiger partial charge >= 0.3 is 0 Å². The third kappa shape index (κ3) is 2.29. The molecule has 0 radical (unpaired) electrons. The number of nitrogens with one attached hydrogen (secondary N) is 1. The second kappa shape index (κ2) is 4.59. The number of nitrogens with zero attached hydrogens (tertiary/aromatic N) is 2. The fourth-order valence-corrected chi connectivity index (χ4v) is 4.04. The minimum Gasteiger partial charge on any atom is -0.362 e. The van der Waals surface area contributed by atoms with E-state index >= 15 is 0 Å². The number of aromatic nitrogens is 2. The van der Waals surface area contributed by atoms with Crippen LogP contribution in [-0.2, 0) is 16.9 Å². The lowest BCUT2D eigenvalue weighted by Crippen LogP contribution is -2.25. The van der Waals surface area contributed by atoms with E-state index < -0.39 is 15.7 Å². The summed E-state index contributed by atoms with van der Waals surface area (Å²) in [4.78, 5) is 0.207.